The smallest absolute Gasteiger partial charge is 0.240 e. The second-order valence-electron chi connectivity index (χ2n) is 6.57. The molecule has 0 aliphatic heterocycles. The maximum atomic E-state index is 12.5. The maximum Gasteiger partial charge on any atom is 0.240 e. The van der Waals surface area contributed by atoms with E-state index in [-0.39, 0.29) is 11.8 Å². The zero-order valence-electron chi connectivity index (χ0n) is 14.5. The van der Waals surface area contributed by atoms with Crippen LogP contribution in [0.1, 0.15) is 30.4 Å². The number of nitriles is 1. The Morgan fingerprint density at radius 3 is 2.50 bits per heavy atom. The number of nitrogens with zero attached hydrogens (tertiary/aromatic N) is 1. The lowest BCUT2D eigenvalue weighted by atomic mass is 10.0. The van der Waals surface area contributed by atoms with E-state index in [1.54, 1.807) is 24.3 Å². The largest absolute Gasteiger partial charge is 0.355 e. The lowest BCUT2D eigenvalue weighted by Gasteiger charge is -2.15. The lowest BCUT2D eigenvalue weighted by Crippen LogP contribution is -2.40. The molecule has 0 radical (unpaired) electrons. The van der Waals surface area contributed by atoms with Gasteiger partial charge >= 0.3 is 0 Å². The third-order valence-electron chi connectivity index (χ3n) is 4.64. The van der Waals surface area contributed by atoms with Crippen molar-refractivity contribution in [3.05, 3.63) is 65.7 Å². The summed E-state index contributed by atoms with van der Waals surface area (Å²) in [6, 6.07) is 18.8. The molecule has 26 heavy (non-hydrogen) atoms. The van der Waals surface area contributed by atoms with E-state index in [1.807, 2.05) is 24.3 Å². The molecule has 0 saturated heterocycles. The molecule has 0 unspecified atom stereocenters. The van der Waals surface area contributed by atoms with E-state index >= 15 is 0 Å². The Morgan fingerprint density at radius 1 is 1.04 bits per heavy atom. The molecular weight excluding hydrogens is 326 g/mol. The Balaban J connectivity index is 1.50. The van der Waals surface area contributed by atoms with Gasteiger partial charge in [-0.3, -0.25) is 9.59 Å². The van der Waals surface area contributed by atoms with Gasteiger partial charge in [0.2, 0.25) is 11.8 Å². The Hall–Kier alpha value is -3.13. The van der Waals surface area contributed by atoms with Crippen LogP contribution in [0.25, 0.3) is 0 Å². The van der Waals surface area contributed by atoms with Crippen molar-refractivity contribution in [2.24, 2.45) is 5.41 Å². The highest BCUT2D eigenvalue weighted by molar-refractivity contribution is 6.13. The second kappa shape index (κ2) is 7.83. The molecule has 0 spiro atoms. The zero-order chi connectivity index (χ0) is 18.4. The number of carbonyl (C=O) groups excluding carboxylic acids is 2. The molecule has 2 N–H and O–H groups in total. The van der Waals surface area contributed by atoms with Gasteiger partial charge in [-0.15, -0.1) is 0 Å². The van der Waals surface area contributed by atoms with Crippen molar-refractivity contribution < 1.29 is 9.59 Å². The number of nitrogens with one attached hydrogen (secondary N) is 2. The average Bonchev–Trinajstić information content (AvgIpc) is 3.48. The van der Waals surface area contributed by atoms with Gasteiger partial charge in [-0.2, -0.15) is 5.26 Å². The highest BCUT2D eigenvalue weighted by Crippen LogP contribution is 2.46. The van der Waals surface area contributed by atoms with Gasteiger partial charge in [0.1, 0.15) is 5.41 Å². The van der Waals surface area contributed by atoms with Crippen LogP contribution in [0, 0.1) is 16.7 Å². The van der Waals surface area contributed by atoms with E-state index in [0.717, 1.165) is 12.8 Å². The SMILES string of the molecule is N#Cc1cccc(NC(=O)C2(C(=O)NCCCc3ccccc3)CC2)c1. The molecule has 2 aromatic carbocycles. The quantitative estimate of drug-likeness (QED) is 0.597. The number of anilines is 1. The van der Waals surface area contributed by atoms with Crippen molar-refractivity contribution in [3.8, 4) is 6.07 Å². The van der Waals surface area contributed by atoms with Gasteiger partial charge in [0.05, 0.1) is 11.6 Å². The molecule has 1 aliphatic carbocycles. The van der Waals surface area contributed by atoms with Crippen molar-refractivity contribution in [1.82, 2.24) is 5.32 Å². The van der Waals surface area contributed by atoms with Crippen LogP contribution in [-0.4, -0.2) is 18.4 Å². The number of rotatable bonds is 7. The van der Waals surface area contributed by atoms with Gasteiger partial charge in [0, 0.05) is 12.2 Å². The number of hydrogen-bond donors (Lipinski definition) is 2. The summed E-state index contributed by atoms with van der Waals surface area (Å²) in [4.78, 5) is 25.0. The summed E-state index contributed by atoms with van der Waals surface area (Å²) >= 11 is 0. The number of benzene rings is 2. The Kier molecular flexibility index (Phi) is 5.33. The van der Waals surface area contributed by atoms with Gasteiger partial charge in [-0.1, -0.05) is 36.4 Å². The molecule has 2 amide bonds. The third kappa shape index (κ3) is 4.09. The van der Waals surface area contributed by atoms with Crippen molar-refractivity contribution in [1.29, 1.82) is 5.26 Å². The van der Waals surface area contributed by atoms with Crippen LogP contribution in [0.5, 0.6) is 0 Å². The minimum atomic E-state index is -0.963. The van der Waals surface area contributed by atoms with Crippen LogP contribution < -0.4 is 10.6 Å². The van der Waals surface area contributed by atoms with E-state index in [9.17, 15) is 9.59 Å². The molecule has 0 atom stereocenters. The van der Waals surface area contributed by atoms with Gasteiger partial charge in [-0.25, -0.2) is 0 Å². The highest BCUT2D eigenvalue weighted by atomic mass is 16.2. The molecule has 1 aliphatic rings. The molecular formula is C21H21N3O2. The summed E-state index contributed by atoms with van der Waals surface area (Å²) in [6.07, 6.45) is 2.83. The number of amides is 2. The summed E-state index contributed by atoms with van der Waals surface area (Å²) in [7, 11) is 0. The topological polar surface area (TPSA) is 82.0 Å². The molecule has 0 bridgehead atoms. The predicted molar refractivity (Wildman–Crippen MR) is 99.2 cm³/mol. The first-order chi connectivity index (χ1) is 12.6. The fourth-order valence-corrected chi connectivity index (χ4v) is 2.91. The van der Waals surface area contributed by atoms with Gasteiger partial charge in [0.25, 0.3) is 0 Å². The van der Waals surface area contributed by atoms with Crippen LogP contribution in [-0.2, 0) is 16.0 Å². The molecule has 2 aromatic rings. The first kappa shape index (κ1) is 17.7. The summed E-state index contributed by atoms with van der Waals surface area (Å²) in [6.45, 7) is 0.548. The Morgan fingerprint density at radius 2 is 1.81 bits per heavy atom. The molecule has 5 nitrogen and oxygen atoms in total. The zero-order valence-corrected chi connectivity index (χ0v) is 14.5. The summed E-state index contributed by atoms with van der Waals surface area (Å²) < 4.78 is 0. The van der Waals surface area contributed by atoms with Crippen molar-refractivity contribution in [2.45, 2.75) is 25.7 Å². The van der Waals surface area contributed by atoms with Gasteiger partial charge in [0.15, 0.2) is 0 Å². The summed E-state index contributed by atoms with van der Waals surface area (Å²) in [5, 5.41) is 14.6. The average molecular weight is 347 g/mol. The maximum absolute atomic E-state index is 12.5. The normalized spacial score (nSPS) is 14.1. The van der Waals surface area contributed by atoms with E-state index in [2.05, 4.69) is 22.8 Å². The molecule has 132 valence electrons. The molecule has 1 fully saturated rings. The number of aryl methyl sites for hydroxylation is 1. The number of carbonyl (C=O) groups is 2. The first-order valence-electron chi connectivity index (χ1n) is 8.78. The van der Waals surface area contributed by atoms with E-state index in [4.69, 9.17) is 5.26 Å². The molecule has 3 rings (SSSR count). The number of hydrogen-bond acceptors (Lipinski definition) is 3. The summed E-state index contributed by atoms with van der Waals surface area (Å²) in [5.41, 5.74) is 1.28. The van der Waals surface area contributed by atoms with Crippen molar-refractivity contribution >= 4 is 17.5 Å². The molecule has 1 saturated carbocycles. The fourth-order valence-electron chi connectivity index (χ4n) is 2.91. The third-order valence-corrected chi connectivity index (χ3v) is 4.64. The highest BCUT2D eigenvalue weighted by Gasteiger charge is 2.56. The minimum Gasteiger partial charge on any atom is -0.355 e. The monoisotopic (exact) mass is 347 g/mol. The van der Waals surface area contributed by atoms with Crippen LogP contribution in [0.2, 0.25) is 0 Å². The van der Waals surface area contributed by atoms with Crippen LogP contribution in [0.15, 0.2) is 54.6 Å². The van der Waals surface area contributed by atoms with E-state index in [0.29, 0.717) is 30.6 Å². The Bertz CT molecular complexity index is 836. The van der Waals surface area contributed by atoms with Crippen LogP contribution in [0.4, 0.5) is 5.69 Å². The minimum absolute atomic E-state index is 0.209. The van der Waals surface area contributed by atoms with E-state index < -0.39 is 5.41 Å². The molecule has 0 aromatic heterocycles. The van der Waals surface area contributed by atoms with Gasteiger partial charge in [-0.05, 0) is 49.4 Å². The first-order valence-corrected chi connectivity index (χ1v) is 8.78. The lowest BCUT2D eigenvalue weighted by molar-refractivity contribution is -0.134. The summed E-state index contributed by atoms with van der Waals surface area (Å²) in [5.74, 6) is -0.507. The molecule has 0 heterocycles. The standard InChI is InChI=1S/C21H21N3O2/c22-15-17-8-4-10-18(14-17)24-20(26)21(11-12-21)19(25)23-13-5-9-16-6-2-1-3-7-16/h1-4,6-8,10,14H,5,9,11-13H2,(H,23,25)(H,24,26). The van der Waals surface area contributed by atoms with Gasteiger partial charge < -0.3 is 10.6 Å². The molecule has 5 heteroatoms. The second-order valence-corrected chi connectivity index (χ2v) is 6.57. The van der Waals surface area contributed by atoms with E-state index in [1.165, 1.54) is 5.56 Å². The predicted octanol–water partition coefficient (Wildman–Crippen LogP) is 3.03. The van der Waals surface area contributed by atoms with Crippen LogP contribution in [0.3, 0.4) is 0 Å². The Labute approximate surface area is 153 Å². The van der Waals surface area contributed by atoms with Crippen molar-refractivity contribution in [2.75, 3.05) is 11.9 Å². The van der Waals surface area contributed by atoms with Crippen LogP contribution >= 0.6 is 0 Å². The fraction of sp³-hybridized carbons (Fsp3) is 0.286. The van der Waals surface area contributed by atoms with Crippen molar-refractivity contribution in [3.63, 3.8) is 0 Å².